The number of halogens is 1. The van der Waals surface area contributed by atoms with Gasteiger partial charge in [0.05, 0.1) is 11.4 Å². The van der Waals surface area contributed by atoms with Gasteiger partial charge in [0, 0.05) is 28.6 Å². The third-order valence-electron chi connectivity index (χ3n) is 4.29. The minimum atomic E-state index is -0.361. The summed E-state index contributed by atoms with van der Waals surface area (Å²) in [6.07, 6.45) is 0. The van der Waals surface area contributed by atoms with Crippen LogP contribution in [0.25, 0.3) is 16.9 Å². The summed E-state index contributed by atoms with van der Waals surface area (Å²) in [4.78, 5) is 16.8. The molecule has 142 valence electrons. The van der Waals surface area contributed by atoms with Gasteiger partial charge in [-0.25, -0.2) is 9.78 Å². The summed E-state index contributed by atoms with van der Waals surface area (Å²) in [6.45, 7) is 2.20. The molecular formula is C19H16ClN5O2S. The van der Waals surface area contributed by atoms with Gasteiger partial charge in [0.1, 0.15) is 6.61 Å². The number of benzene rings is 2. The average Bonchev–Trinajstić information content (AvgIpc) is 3.28. The third-order valence-corrected chi connectivity index (χ3v) is 5.39. The normalized spacial score (nSPS) is 11.0. The van der Waals surface area contributed by atoms with Gasteiger partial charge in [-0.15, -0.1) is 0 Å². The van der Waals surface area contributed by atoms with Crippen molar-refractivity contribution in [3.05, 3.63) is 74.5 Å². The summed E-state index contributed by atoms with van der Waals surface area (Å²) in [5.74, 6) is 0. The molecule has 0 spiro atoms. The first kappa shape index (κ1) is 18.4. The van der Waals surface area contributed by atoms with E-state index in [0.717, 1.165) is 21.5 Å². The van der Waals surface area contributed by atoms with Crippen LogP contribution in [0.5, 0.6) is 5.19 Å². The molecule has 7 nitrogen and oxygen atoms in total. The molecule has 2 aromatic carbocycles. The molecule has 9 heteroatoms. The first-order valence-electron chi connectivity index (χ1n) is 8.45. The number of aromatic nitrogens is 5. The van der Waals surface area contributed by atoms with Crippen LogP contribution in [0.2, 0.25) is 5.02 Å². The molecule has 4 rings (SSSR count). The van der Waals surface area contributed by atoms with Crippen molar-refractivity contribution in [1.82, 2.24) is 24.8 Å². The topological polar surface area (TPSA) is 74.8 Å². The van der Waals surface area contributed by atoms with Gasteiger partial charge in [0.25, 0.3) is 5.19 Å². The van der Waals surface area contributed by atoms with Gasteiger partial charge in [-0.3, -0.25) is 0 Å². The molecule has 0 unspecified atom stereocenters. The van der Waals surface area contributed by atoms with E-state index in [1.807, 2.05) is 36.6 Å². The second-order valence-corrected chi connectivity index (χ2v) is 7.36. The number of thiazole rings is 1. The van der Waals surface area contributed by atoms with Gasteiger partial charge in [-0.05, 0) is 35.0 Å². The number of nitrogens with zero attached hydrogens (tertiary/aromatic N) is 5. The quantitative estimate of drug-likeness (QED) is 0.499. The van der Waals surface area contributed by atoms with Crippen molar-refractivity contribution in [3.8, 4) is 22.1 Å². The highest BCUT2D eigenvalue weighted by Crippen LogP contribution is 2.30. The lowest BCUT2D eigenvalue weighted by Gasteiger charge is -2.10. The number of hydrogen-bond donors (Lipinski definition) is 0. The molecule has 0 radical (unpaired) electrons. The molecule has 2 aromatic heterocycles. The Morgan fingerprint density at radius 3 is 2.71 bits per heavy atom. The van der Waals surface area contributed by atoms with E-state index >= 15 is 0 Å². The van der Waals surface area contributed by atoms with Gasteiger partial charge < -0.3 is 4.74 Å². The van der Waals surface area contributed by atoms with Gasteiger partial charge in [0.2, 0.25) is 0 Å². The zero-order valence-electron chi connectivity index (χ0n) is 15.2. The molecule has 4 aromatic rings. The minimum Gasteiger partial charge on any atom is -0.465 e. The van der Waals surface area contributed by atoms with Gasteiger partial charge in [-0.2, -0.15) is 9.36 Å². The molecule has 0 aliphatic heterocycles. The van der Waals surface area contributed by atoms with Crippen LogP contribution in [0.15, 0.2) is 52.6 Å². The van der Waals surface area contributed by atoms with E-state index in [2.05, 4.69) is 15.4 Å². The maximum atomic E-state index is 12.2. The monoisotopic (exact) mass is 413 g/mol. The van der Waals surface area contributed by atoms with Crippen molar-refractivity contribution in [3.63, 3.8) is 0 Å². The highest BCUT2D eigenvalue weighted by Gasteiger charge is 2.15. The zero-order chi connectivity index (χ0) is 19.7. The number of tetrazole rings is 1. The summed E-state index contributed by atoms with van der Waals surface area (Å²) in [5.41, 5.74) is 3.89. The SMILES string of the molecule is Cc1ccccc1-c1csc(OCc2c(Cl)cccc2-n2nnn(C)c2=O)n1. The molecular weight excluding hydrogens is 398 g/mol. The Kier molecular flexibility index (Phi) is 4.97. The van der Waals surface area contributed by atoms with E-state index in [1.54, 1.807) is 18.2 Å². The fourth-order valence-electron chi connectivity index (χ4n) is 2.79. The second kappa shape index (κ2) is 7.57. The van der Waals surface area contributed by atoms with Crippen LogP contribution in [0.3, 0.4) is 0 Å². The van der Waals surface area contributed by atoms with Gasteiger partial charge in [-0.1, -0.05) is 53.3 Å². The Morgan fingerprint density at radius 2 is 1.96 bits per heavy atom. The Bertz CT molecular complexity index is 1200. The Balaban J connectivity index is 1.61. The standard InChI is InChI=1S/C19H16ClN5O2S/c1-12-6-3-4-7-13(12)16-11-28-18(21-16)27-10-14-15(20)8-5-9-17(14)25-19(26)24(2)22-23-25/h3-9,11H,10H2,1-2H3. The van der Waals surface area contributed by atoms with Crippen molar-refractivity contribution >= 4 is 22.9 Å². The number of ether oxygens (including phenoxy) is 1. The molecule has 0 fully saturated rings. The summed E-state index contributed by atoms with van der Waals surface area (Å²) in [5, 5.41) is 10.6. The fraction of sp³-hybridized carbons (Fsp3) is 0.158. The van der Waals surface area contributed by atoms with E-state index < -0.39 is 0 Å². The van der Waals surface area contributed by atoms with Crippen molar-refractivity contribution < 1.29 is 4.74 Å². The summed E-state index contributed by atoms with van der Waals surface area (Å²) >= 11 is 7.77. The van der Waals surface area contributed by atoms with E-state index in [1.165, 1.54) is 23.1 Å². The lowest BCUT2D eigenvalue weighted by molar-refractivity contribution is 0.304. The first-order chi connectivity index (χ1) is 13.5. The number of aryl methyl sites for hydroxylation is 2. The maximum absolute atomic E-state index is 12.2. The number of rotatable bonds is 5. The third kappa shape index (κ3) is 3.44. The molecule has 0 aliphatic rings. The molecule has 2 heterocycles. The molecule has 0 bridgehead atoms. The molecule has 0 saturated carbocycles. The Morgan fingerprint density at radius 1 is 1.14 bits per heavy atom. The van der Waals surface area contributed by atoms with E-state index in [-0.39, 0.29) is 12.3 Å². The molecule has 0 amide bonds. The lowest BCUT2D eigenvalue weighted by Crippen LogP contribution is -2.23. The summed E-state index contributed by atoms with van der Waals surface area (Å²) < 4.78 is 8.23. The molecule has 0 N–H and O–H groups in total. The van der Waals surface area contributed by atoms with Crippen molar-refractivity contribution in [1.29, 1.82) is 0 Å². The van der Waals surface area contributed by atoms with Gasteiger partial charge >= 0.3 is 5.69 Å². The summed E-state index contributed by atoms with van der Waals surface area (Å²) in [7, 11) is 1.54. The minimum absolute atomic E-state index is 0.152. The average molecular weight is 414 g/mol. The Hall–Kier alpha value is -2.97. The van der Waals surface area contributed by atoms with Crippen LogP contribution in [0.1, 0.15) is 11.1 Å². The summed E-state index contributed by atoms with van der Waals surface area (Å²) in [6, 6.07) is 13.3. The van der Waals surface area contributed by atoms with E-state index in [0.29, 0.717) is 21.5 Å². The highest BCUT2D eigenvalue weighted by molar-refractivity contribution is 7.11. The molecule has 0 atom stereocenters. The number of hydrogen-bond acceptors (Lipinski definition) is 6. The predicted molar refractivity (Wildman–Crippen MR) is 108 cm³/mol. The van der Waals surface area contributed by atoms with Crippen molar-refractivity contribution in [2.45, 2.75) is 13.5 Å². The van der Waals surface area contributed by atoms with Crippen molar-refractivity contribution in [2.75, 3.05) is 0 Å². The van der Waals surface area contributed by atoms with E-state index in [9.17, 15) is 4.79 Å². The van der Waals surface area contributed by atoms with Gasteiger partial charge in [0.15, 0.2) is 0 Å². The molecule has 0 aliphatic carbocycles. The van der Waals surface area contributed by atoms with Crippen LogP contribution >= 0.6 is 22.9 Å². The smallest absolute Gasteiger partial charge is 0.368 e. The van der Waals surface area contributed by atoms with E-state index in [4.69, 9.17) is 16.3 Å². The fourth-order valence-corrected chi connectivity index (χ4v) is 3.69. The maximum Gasteiger partial charge on any atom is 0.368 e. The van der Waals surface area contributed by atoms with Crippen LogP contribution < -0.4 is 10.4 Å². The molecule has 28 heavy (non-hydrogen) atoms. The zero-order valence-corrected chi connectivity index (χ0v) is 16.7. The Labute approximate surface area is 169 Å². The first-order valence-corrected chi connectivity index (χ1v) is 9.71. The van der Waals surface area contributed by atoms with Crippen LogP contribution in [-0.2, 0) is 13.7 Å². The largest absolute Gasteiger partial charge is 0.465 e. The van der Waals surface area contributed by atoms with Crippen molar-refractivity contribution in [2.24, 2.45) is 7.05 Å². The van der Waals surface area contributed by atoms with Crippen LogP contribution in [-0.4, -0.2) is 24.8 Å². The molecule has 0 saturated heterocycles. The lowest BCUT2D eigenvalue weighted by atomic mass is 10.1. The van der Waals surface area contributed by atoms with Crippen LogP contribution in [0, 0.1) is 6.92 Å². The predicted octanol–water partition coefficient (Wildman–Crippen LogP) is 3.63. The van der Waals surface area contributed by atoms with Crippen LogP contribution in [0.4, 0.5) is 0 Å². The highest BCUT2D eigenvalue weighted by atomic mass is 35.5. The second-order valence-electron chi connectivity index (χ2n) is 6.14.